The summed E-state index contributed by atoms with van der Waals surface area (Å²) in [6.45, 7) is 2.15. The molecule has 1 N–H and O–H groups in total. The van der Waals surface area contributed by atoms with Gasteiger partial charge in [0.05, 0.1) is 18.0 Å². The van der Waals surface area contributed by atoms with E-state index >= 15 is 0 Å². The molecule has 0 aliphatic rings. The van der Waals surface area contributed by atoms with Crippen LogP contribution in [0.2, 0.25) is 0 Å². The van der Waals surface area contributed by atoms with Crippen LogP contribution in [0.4, 0.5) is 5.69 Å². The lowest BCUT2D eigenvalue weighted by atomic mass is 10.1. The van der Waals surface area contributed by atoms with E-state index in [9.17, 15) is 4.79 Å². The molecule has 4 heteroatoms. The number of para-hydroxylation sites is 1. The predicted octanol–water partition coefficient (Wildman–Crippen LogP) is 4.31. The second kappa shape index (κ2) is 7.83. The Labute approximate surface area is 138 Å². The molecule has 0 aliphatic carbocycles. The number of anilines is 1. The van der Waals surface area contributed by atoms with Gasteiger partial charge in [0.25, 0.3) is 0 Å². The first-order valence-electron chi connectivity index (χ1n) is 6.66. The van der Waals surface area contributed by atoms with Gasteiger partial charge in [-0.15, -0.1) is 0 Å². The number of rotatable bonds is 5. The molecule has 2 rings (SSSR count). The highest BCUT2D eigenvalue weighted by Gasteiger charge is 2.07. The number of carbonyl (C=O) groups excluding carboxylic acids is 1. The number of ether oxygens (including phenoxy) is 1. The van der Waals surface area contributed by atoms with Gasteiger partial charge >= 0.3 is 5.97 Å². The first-order valence-corrected chi connectivity index (χ1v) is 7.74. The fourth-order valence-electron chi connectivity index (χ4n) is 1.82. The molecule has 0 spiro atoms. The molecule has 3 nitrogen and oxygen atoms in total. The van der Waals surface area contributed by atoms with Gasteiger partial charge in [0.15, 0.2) is 0 Å². The first-order chi connectivity index (χ1) is 10.2. The van der Waals surface area contributed by atoms with Crippen molar-refractivity contribution in [1.29, 1.82) is 0 Å². The van der Waals surface area contributed by atoms with Gasteiger partial charge < -0.3 is 10.1 Å². The van der Waals surface area contributed by atoms with Crippen LogP contribution in [0.15, 0.2) is 60.7 Å². The maximum atomic E-state index is 11.8. The summed E-state index contributed by atoms with van der Waals surface area (Å²) in [4.78, 5) is 11.8. The van der Waals surface area contributed by atoms with Crippen LogP contribution in [0.3, 0.4) is 0 Å². The molecule has 0 heterocycles. The fraction of sp³-hybridized carbons (Fsp3) is 0.118. The van der Waals surface area contributed by atoms with E-state index in [1.165, 1.54) is 6.08 Å². The minimum absolute atomic E-state index is 0.352. The number of nitrogens with one attached hydrogen (secondary N) is 1. The van der Waals surface area contributed by atoms with Crippen molar-refractivity contribution in [1.82, 2.24) is 0 Å². The minimum atomic E-state index is -0.352. The number of halogens is 1. The van der Waals surface area contributed by atoms with E-state index in [0.29, 0.717) is 6.61 Å². The van der Waals surface area contributed by atoms with Gasteiger partial charge in [0.2, 0.25) is 0 Å². The number of esters is 1. The van der Waals surface area contributed by atoms with Crippen molar-refractivity contribution in [2.75, 3.05) is 11.9 Å². The molecule has 0 aliphatic heterocycles. The summed E-state index contributed by atoms with van der Waals surface area (Å²) in [5.74, 6) is -0.352. The lowest BCUT2D eigenvalue weighted by Crippen LogP contribution is -2.06. The lowest BCUT2D eigenvalue weighted by molar-refractivity contribution is -0.137. The van der Waals surface area contributed by atoms with Gasteiger partial charge in [-0.2, -0.15) is 0 Å². The van der Waals surface area contributed by atoms with E-state index in [-0.39, 0.29) is 5.97 Å². The van der Waals surface area contributed by atoms with E-state index in [1.54, 1.807) is 6.92 Å². The van der Waals surface area contributed by atoms with Crippen LogP contribution in [-0.4, -0.2) is 12.6 Å². The molecule has 2 aromatic rings. The Bertz CT molecular complexity index is 638. The maximum Gasteiger partial charge on any atom is 0.332 e. The van der Waals surface area contributed by atoms with Crippen molar-refractivity contribution in [2.45, 2.75) is 6.92 Å². The summed E-state index contributed by atoms with van der Waals surface area (Å²) in [5, 5.41) is 3.31. The highest BCUT2D eigenvalue weighted by atomic mass is 127. The zero-order valence-corrected chi connectivity index (χ0v) is 13.8. The minimum Gasteiger partial charge on any atom is -0.463 e. The molecule has 2 aromatic carbocycles. The average Bonchev–Trinajstić information content (AvgIpc) is 2.50. The molecular formula is C17H16INO2. The van der Waals surface area contributed by atoms with Gasteiger partial charge in [-0.3, -0.25) is 0 Å². The molecule has 0 radical (unpaired) electrons. The van der Waals surface area contributed by atoms with Gasteiger partial charge in [-0.1, -0.05) is 42.5 Å². The molecule has 0 unspecified atom stereocenters. The van der Waals surface area contributed by atoms with E-state index in [2.05, 4.69) is 27.9 Å². The summed E-state index contributed by atoms with van der Waals surface area (Å²) in [6.07, 6.45) is 1.49. The van der Waals surface area contributed by atoms with E-state index in [0.717, 1.165) is 20.5 Å². The van der Waals surface area contributed by atoms with Crippen LogP contribution in [0.25, 0.3) is 5.70 Å². The quantitative estimate of drug-likeness (QED) is 0.468. The van der Waals surface area contributed by atoms with Crippen molar-refractivity contribution in [3.8, 4) is 0 Å². The van der Waals surface area contributed by atoms with Crippen LogP contribution < -0.4 is 5.32 Å². The number of hydrogen-bond donors (Lipinski definition) is 1. The fourth-order valence-corrected chi connectivity index (χ4v) is 2.34. The van der Waals surface area contributed by atoms with Crippen molar-refractivity contribution in [3.05, 3.63) is 69.8 Å². The molecule has 0 atom stereocenters. The summed E-state index contributed by atoms with van der Waals surface area (Å²) in [7, 11) is 0. The largest absolute Gasteiger partial charge is 0.463 e. The third-order valence-electron chi connectivity index (χ3n) is 2.78. The molecule has 108 valence electrons. The lowest BCUT2D eigenvalue weighted by Gasteiger charge is -2.13. The number of hydrogen-bond acceptors (Lipinski definition) is 3. The van der Waals surface area contributed by atoms with Gasteiger partial charge in [-0.25, -0.2) is 4.79 Å². The molecule has 0 aromatic heterocycles. The third kappa shape index (κ3) is 4.60. The number of benzene rings is 2. The maximum absolute atomic E-state index is 11.8. The number of carbonyl (C=O) groups is 1. The van der Waals surface area contributed by atoms with Gasteiger partial charge in [0.1, 0.15) is 0 Å². The Morgan fingerprint density at radius 2 is 1.81 bits per heavy atom. The van der Waals surface area contributed by atoms with E-state index in [1.807, 2.05) is 54.6 Å². The van der Waals surface area contributed by atoms with Crippen LogP contribution >= 0.6 is 22.6 Å². The summed E-state index contributed by atoms with van der Waals surface area (Å²) < 4.78 is 6.09. The first kappa shape index (κ1) is 15.6. The standard InChI is InChI=1S/C17H16INO2/c1-2-21-17(20)12-16(13-8-4-3-5-9-13)19-15-11-7-6-10-14(15)18/h3-12,19H,2H2,1H3/b16-12-. The molecule has 0 saturated carbocycles. The van der Waals surface area contributed by atoms with Crippen molar-refractivity contribution < 1.29 is 9.53 Å². The third-order valence-corrected chi connectivity index (χ3v) is 3.72. The van der Waals surface area contributed by atoms with Crippen LogP contribution in [0.5, 0.6) is 0 Å². The highest BCUT2D eigenvalue weighted by molar-refractivity contribution is 14.1. The average molecular weight is 393 g/mol. The second-order valence-electron chi connectivity index (χ2n) is 4.28. The van der Waals surface area contributed by atoms with Crippen molar-refractivity contribution >= 4 is 39.9 Å². The topological polar surface area (TPSA) is 38.3 Å². The Morgan fingerprint density at radius 3 is 2.48 bits per heavy atom. The van der Waals surface area contributed by atoms with Crippen LogP contribution in [0.1, 0.15) is 12.5 Å². The molecule has 0 amide bonds. The Hall–Kier alpha value is -1.82. The zero-order chi connectivity index (χ0) is 15.1. The Morgan fingerprint density at radius 1 is 1.14 bits per heavy atom. The van der Waals surface area contributed by atoms with Gasteiger partial charge in [0, 0.05) is 9.65 Å². The predicted molar refractivity (Wildman–Crippen MR) is 93.8 cm³/mol. The van der Waals surface area contributed by atoms with Gasteiger partial charge in [-0.05, 0) is 47.2 Å². The van der Waals surface area contributed by atoms with Crippen LogP contribution in [-0.2, 0) is 9.53 Å². The van der Waals surface area contributed by atoms with E-state index < -0.39 is 0 Å². The normalized spacial score (nSPS) is 11.0. The summed E-state index contributed by atoms with van der Waals surface area (Å²) in [5.41, 5.74) is 2.61. The smallest absolute Gasteiger partial charge is 0.332 e. The summed E-state index contributed by atoms with van der Waals surface area (Å²) >= 11 is 2.26. The van der Waals surface area contributed by atoms with E-state index in [4.69, 9.17) is 4.74 Å². The molecule has 21 heavy (non-hydrogen) atoms. The monoisotopic (exact) mass is 393 g/mol. The Balaban J connectivity index is 2.33. The Kier molecular flexibility index (Phi) is 5.80. The molecular weight excluding hydrogens is 377 g/mol. The second-order valence-corrected chi connectivity index (χ2v) is 5.44. The van der Waals surface area contributed by atoms with Crippen molar-refractivity contribution in [3.63, 3.8) is 0 Å². The summed E-state index contributed by atoms with van der Waals surface area (Å²) in [6, 6.07) is 17.6. The molecule has 0 fully saturated rings. The molecule has 0 bridgehead atoms. The highest BCUT2D eigenvalue weighted by Crippen LogP contribution is 2.23. The van der Waals surface area contributed by atoms with Crippen molar-refractivity contribution in [2.24, 2.45) is 0 Å². The zero-order valence-electron chi connectivity index (χ0n) is 11.7. The SMILES string of the molecule is CCOC(=O)/C=C(\Nc1ccccc1I)c1ccccc1. The molecule has 0 saturated heterocycles. The van der Waals surface area contributed by atoms with Crippen LogP contribution in [0, 0.1) is 3.57 Å².